The van der Waals surface area contributed by atoms with E-state index in [1.54, 1.807) is 0 Å². The lowest BCUT2D eigenvalue weighted by molar-refractivity contribution is -0.133. The van der Waals surface area contributed by atoms with E-state index in [2.05, 4.69) is 26.3 Å². The molecule has 0 aliphatic heterocycles. The minimum absolute atomic E-state index is 0.284. The van der Waals surface area contributed by atoms with Crippen molar-refractivity contribution in [1.82, 2.24) is 4.98 Å². The van der Waals surface area contributed by atoms with Gasteiger partial charge in [0.15, 0.2) is 0 Å². The molecule has 5 heteroatoms. The van der Waals surface area contributed by atoms with Crippen molar-refractivity contribution in [2.24, 2.45) is 0 Å². The minimum Gasteiger partial charge on any atom is -0.464 e. The number of aromatic nitrogens is 1. The van der Waals surface area contributed by atoms with E-state index in [9.17, 15) is 9.59 Å². The predicted molar refractivity (Wildman–Crippen MR) is 51.0 cm³/mol. The number of rotatable bonds is 1. The van der Waals surface area contributed by atoms with Crippen LogP contribution in [0.4, 0.5) is 0 Å². The van der Waals surface area contributed by atoms with Gasteiger partial charge in [0.2, 0.25) is 0 Å². The van der Waals surface area contributed by atoms with Crippen LogP contribution in [0.15, 0.2) is 12.3 Å². The molecule has 0 saturated carbocycles. The lowest BCUT2D eigenvalue weighted by atomic mass is 10.3. The largest absolute Gasteiger partial charge is 0.464 e. The molecule has 0 aromatic carbocycles. The smallest absolute Gasteiger partial charge is 0.384 e. The number of methoxy groups -OCH3 is 2. The molecule has 78 valence electrons. The summed E-state index contributed by atoms with van der Waals surface area (Å²) in [7, 11) is 2.52. The van der Waals surface area contributed by atoms with E-state index in [0.717, 1.165) is 0 Å². The van der Waals surface area contributed by atoms with E-state index >= 15 is 0 Å². The van der Waals surface area contributed by atoms with Gasteiger partial charge in [-0.3, -0.25) is 0 Å². The van der Waals surface area contributed by atoms with E-state index < -0.39 is 11.9 Å². The molecule has 0 radical (unpaired) electrons. The fourth-order valence-corrected chi connectivity index (χ4v) is 0.869. The summed E-state index contributed by atoms with van der Waals surface area (Å²) in [6.07, 6.45) is 1.50. The minimum atomic E-state index is -0.629. The molecule has 0 bridgehead atoms. The van der Waals surface area contributed by atoms with Gasteiger partial charge in [0.25, 0.3) is 0 Å². The maximum absolute atomic E-state index is 11.0. The first-order valence-corrected chi connectivity index (χ1v) is 4.04. The third-order valence-corrected chi connectivity index (χ3v) is 1.58. The van der Waals surface area contributed by atoms with Gasteiger partial charge in [-0.15, -0.1) is 0 Å². The van der Waals surface area contributed by atoms with Crippen molar-refractivity contribution in [3.05, 3.63) is 23.5 Å². The highest BCUT2D eigenvalue weighted by atomic mass is 16.5. The van der Waals surface area contributed by atoms with Crippen molar-refractivity contribution in [3.8, 4) is 11.8 Å². The fraction of sp³-hybridized carbons (Fsp3) is 0.200. The van der Waals surface area contributed by atoms with Crippen LogP contribution in [0, 0.1) is 11.8 Å². The van der Waals surface area contributed by atoms with Crippen molar-refractivity contribution >= 4 is 11.9 Å². The second-order valence-electron chi connectivity index (χ2n) is 2.54. The molecule has 1 rings (SSSR count). The first-order valence-electron chi connectivity index (χ1n) is 4.04. The average molecular weight is 207 g/mol. The molecule has 1 aromatic heterocycles. The zero-order valence-corrected chi connectivity index (χ0v) is 8.29. The fourth-order valence-electron chi connectivity index (χ4n) is 0.869. The normalized spacial score (nSPS) is 8.67. The Hall–Kier alpha value is -2.22. The third-order valence-electron chi connectivity index (χ3n) is 1.58. The Labute approximate surface area is 86.4 Å². The Morgan fingerprint density at radius 1 is 1.33 bits per heavy atom. The summed E-state index contributed by atoms with van der Waals surface area (Å²) < 4.78 is 8.82. The molecule has 0 unspecified atom stereocenters. The van der Waals surface area contributed by atoms with Crippen LogP contribution in [-0.4, -0.2) is 31.1 Å². The van der Waals surface area contributed by atoms with E-state index in [1.165, 1.54) is 26.5 Å². The first kappa shape index (κ1) is 10.9. The molecule has 0 amide bonds. The molecular formula is C10H9NO4. The summed E-state index contributed by atoms with van der Waals surface area (Å²) in [5.41, 5.74) is 0.799. The molecule has 0 atom stereocenters. The molecule has 0 saturated heterocycles. The van der Waals surface area contributed by atoms with Gasteiger partial charge in [0, 0.05) is 17.7 Å². The summed E-state index contributed by atoms with van der Waals surface area (Å²) in [6.45, 7) is 0. The van der Waals surface area contributed by atoms with Crippen molar-refractivity contribution in [2.45, 2.75) is 0 Å². The Morgan fingerprint density at radius 2 is 2.07 bits per heavy atom. The maximum Gasteiger partial charge on any atom is 0.384 e. The highest BCUT2D eigenvalue weighted by Gasteiger charge is 2.06. The van der Waals surface area contributed by atoms with Crippen LogP contribution in [0.25, 0.3) is 0 Å². The maximum atomic E-state index is 11.0. The molecule has 0 aliphatic rings. The van der Waals surface area contributed by atoms with Gasteiger partial charge in [-0.2, -0.15) is 0 Å². The third kappa shape index (κ3) is 2.88. The Balaban J connectivity index is 2.79. The van der Waals surface area contributed by atoms with Crippen LogP contribution < -0.4 is 0 Å². The second kappa shape index (κ2) is 4.86. The van der Waals surface area contributed by atoms with Gasteiger partial charge in [0.1, 0.15) is 5.69 Å². The molecule has 0 fully saturated rings. The average Bonchev–Trinajstić information content (AvgIpc) is 2.73. The number of esters is 2. The molecule has 5 nitrogen and oxygen atoms in total. The standard InChI is InChI=1S/C10H9NO4/c1-14-9(12)4-3-7-5-8(11-6-7)10(13)15-2/h5-6,11H,1-2H3. The van der Waals surface area contributed by atoms with Gasteiger partial charge >= 0.3 is 11.9 Å². The quantitative estimate of drug-likeness (QED) is 0.532. The number of H-pyrrole nitrogens is 1. The Morgan fingerprint density at radius 3 is 2.67 bits per heavy atom. The van der Waals surface area contributed by atoms with Crippen LogP contribution in [-0.2, 0) is 14.3 Å². The number of ether oxygens (including phenoxy) is 2. The van der Waals surface area contributed by atoms with Crippen LogP contribution >= 0.6 is 0 Å². The SMILES string of the molecule is COC(=O)C#Cc1c[nH]c(C(=O)OC)c1. The number of carbonyl (C=O) groups is 2. The van der Waals surface area contributed by atoms with Crippen LogP contribution in [0.2, 0.25) is 0 Å². The van der Waals surface area contributed by atoms with Crippen molar-refractivity contribution in [1.29, 1.82) is 0 Å². The summed E-state index contributed by atoms with van der Waals surface area (Å²) in [5, 5.41) is 0. The van der Waals surface area contributed by atoms with E-state index in [-0.39, 0.29) is 5.69 Å². The zero-order chi connectivity index (χ0) is 11.3. The van der Waals surface area contributed by atoms with E-state index in [1.807, 2.05) is 0 Å². The topological polar surface area (TPSA) is 68.4 Å². The molecule has 1 N–H and O–H groups in total. The number of aromatic amines is 1. The van der Waals surface area contributed by atoms with Crippen LogP contribution in [0.1, 0.15) is 16.1 Å². The van der Waals surface area contributed by atoms with Crippen LogP contribution in [0.3, 0.4) is 0 Å². The summed E-state index contributed by atoms with van der Waals surface area (Å²) in [5.74, 6) is 3.65. The molecular weight excluding hydrogens is 198 g/mol. The van der Waals surface area contributed by atoms with Gasteiger partial charge in [-0.25, -0.2) is 9.59 Å². The summed E-state index contributed by atoms with van der Waals surface area (Å²) in [4.78, 5) is 24.4. The molecule has 1 heterocycles. The Bertz CT molecular complexity index is 436. The summed E-state index contributed by atoms with van der Waals surface area (Å²) >= 11 is 0. The number of carbonyl (C=O) groups excluding carboxylic acids is 2. The molecule has 15 heavy (non-hydrogen) atoms. The number of hydrogen-bond donors (Lipinski definition) is 1. The van der Waals surface area contributed by atoms with Crippen molar-refractivity contribution in [2.75, 3.05) is 14.2 Å². The summed E-state index contributed by atoms with van der Waals surface area (Å²) in [6, 6.07) is 1.49. The van der Waals surface area contributed by atoms with Gasteiger partial charge < -0.3 is 14.5 Å². The number of hydrogen-bond acceptors (Lipinski definition) is 4. The lowest BCUT2D eigenvalue weighted by Crippen LogP contribution is -2.00. The first-order chi connectivity index (χ1) is 7.17. The monoisotopic (exact) mass is 207 g/mol. The van der Waals surface area contributed by atoms with E-state index in [0.29, 0.717) is 5.56 Å². The van der Waals surface area contributed by atoms with Gasteiger partial charge in [-0.05, 0) is 6.07 Å². The lowest BCUT2D eigenvalue weighted by Gasteiger charge is -1.91. The number of nitrogens with one attached hydrogen (secondary N) is 1. The van der Waals surface area contributed by atoms with E-state index in [4.69, 9.17) is 0 Å². The van der Waals surface area contributed by atoms with Crippen molar-refractivity contribution < 1.29 is 19.1 Å². The van der Waals surface area contributed by atoms with Gasteiger partial charge in [-0.1, -0.05) is 5.92 Å². The molecule has 1 aromatic rings. The second-order valence-corrected chi connectivity index (χ2v) is 2.54. The highest BCUT2D eigenvalue weighted by molar-refractivity contribution is 5.90. The molecule has 0 aliphatic carbocycles. The van der Waals surface area contributed by atoms with Crippen LogP contribution in [0.5, 0.6) is 0 Å². The van der Waals surface area contributed by atoms with Gasteiger partial charge in [0.05, 0.1) is 14.2 Å². The predicted octanol–water partition coefficient (Wildman–Crippen LogP) is 0.326. The Kier molecular flexibility index (Phi) is 3.52. The molecule has 0 spiro atoms. The zero-order valence-electron chi connectivity index (χ0n) is 8.29. The highest BCUT2D eigenvalue weighted by Crippen LogP contribution is 2.02. The van der Waals surface area contributed by atoms with Crippen molar-refractivity contribution in [3.63, 3.8) is 0 Å².